The number of aliphatic imine (C=N–C) groups is 2. The number of aliphatic carboxylic acids is 1. The van der Waals surface area contributed by atoms with Gasteiger partial charge < -0.3 is 5.11 Å². The molecule has 0 bridgehead atoms. The van der Waals surface area contributed by atoms with Crippen LogP contribution in [0.5, 0.6) is 0 Å². The topological polar surface area (TPSA) is 79.8 Å². The number of carboxylic acid groups (broad SMARTS) is 1. The number of aromatic nitrogens is 2. The molecular formula is C24H30N4O2. The lowest BCUT2D eigenvalue weighted by atomic mass is 9.76. The number of carboxylic acids is 1. The highest BCUT2D eigenvalue weighted by molar-refractivity contribution is 6.17. The van der Waals surface area contributed by atoms with Crippen LogP contribution in [0.4, 0.5) is 0 Å². The molecule has 0 saturated heterocycles. The van der Waals surface area contributed by atoms with E-state index in [-0.39, 0.29) is 6.42 Å². The van der Waals surface area contributed by atoms with Gasteiger partial charge in [-0.25, -0.2) is 4.99 Å². The number of rotatable bonds is 6. The molecule has 0 atom stereocenters. The average Bonchev–Trinajstić information content (AvgIpc) is 3.30. The molecule has 0 saturated carbocycles. The maximum absolute atomic E-state index is 10.8. The van der Waals surface area contributed by atoms with Crippen molar-refractivity contribution < 1.29 is 9.90 Å². The predicted molar refractivity (Wildman–Crippen MR) is 119 cm³/mol. The van der Waals surface area contributed by atoms with Crippen LogP contribution >= 0.6 is 0 Å². The summed E-state index contributed by atoms with van der Waals surface area (Å²) >= 11 is 0. The number of hydrogen-bond donors (Lipinski definition) is 1. The van der Waals surface area contributed by atoms with Crippen LogP contribution in [0.2, 0.25) is 0 Å². The Morgan fingerprint density at radius 1 is 1.30 bits per heavy atom. The predicted octanol–water partition coefficient (Wildman–Crippen LogP) is 3.99. The Morgan fingerprint density at radius 3 is 2.80 bits per heavy atom. The first-order valence-electron chi connectivity index (χ1n) is 10.8. The summed E-state index contributed by atoms with van der Waals surface area (Å²) in [6.45, 7) is 10.3. The standard InChI is InChI=1S/C24H30N4O2/c1-5-28-20-13-24(3,4)11-10-18(20)22(27-28)23-25-14-19(26-23)17-8-6-16(12-15(17)2)7-9-21(29)30/h6,8,12H,5,7,9-11,13-14H2,1-4H3,(H,29,30). The van der Waals surface area contributed by atoms with Crippen molar-refractivity contribution in [1.82, 2.24) is 9.78 Å². The average molecular weight is 407 g/mol. The molecule has 158 valence electrons. The number of aryl methyl sites for hydroxylation is 3. The normalized spacial score (nSPS) is 17.5. The second-order valence-electron chi connectivity index (χ2n) is 9.17. The van der Waals surface area contributed by atoms with Gasteiger partial charge in [0, 0.05) is 29.8 Å². The van der Waals surface area contributed by atoms with Crippen LogP contribution in [-0.4, -0.2) is 38.9 Å². The maximum Gasteiger partial charge on any atom is 0.303 e. The van der Waals surface area contributed by atoms with E-state index in [0.29, 0.717) is 18.4 Å². The minimum Gasteiger partial charge on any atom is -0.481 e. The summed E-state index contributed by atoms with van der Waals surface area (Å²) in [5, 5.41) is 13.8. The number of benzene rings is 1. The number of carbonyl (C=O) groups is 1. The van der Waals surface area contributed by atoms with Crippen molar-refractivity contribution in [2.24, 2.45) is 15.4 Å². The molecule has 1 aromatic carbocycles. The molecule has 0 radical (unpaired) electrons. The molecule has 0 fully saturated rings. The Hall–Kier alpha value is -2.76. The molecule has 2 aliphatic rings. The lowest BCUT2D eigenvalue weighted by molar-refractivity contribution is -0.136. The van der Waals surface area contributed by atoms with Crippen molar-refractivity contribution in [2.45, 2.75) is 66.3 Å². The molecule has 2 heterocycles. The summed E-state index contributed by atoms with van der Waals surface area (Å²) in [6, 6.07) is 6.11. The molecule has 1 aliphatic heterocycles. The van der Waals surface area contributed by atoms with Crippen molar-refractivity contribution >= 4 is 17.5 Å². The summed E-state index contributed by atoms with van der Waals surface area (Å²) in [5.41, 5.74) is 8.11. The third kappa shape index (κ3) is 3.95. The van der Waals surface area contributed by atoms with Gasteiger partial charge in [0.1, 0.15) is 5.69 Å². The van der Waals surface area contributed by atoms with Gasteiger partial charge in [-0.3, -0.25) is 14.5 Å². The third-order valence-electron chi connectivity index (χ3n) is 6.22. The van der Waals surface area contributed by atoms with Crippen LogP contribution in [0.15, 0.2) is 28.2 Å². The van der Waals surface area contributed by atoms with E-state index in [9.17, 15) is 4.79 Å². The van der Waals surface area contributed by atoms with E-state index in [2.05, 4.69) is 38.4 Å². The monoisotopic (exact) mass is 406 g/mol. The Morgan fingerprint density at radius 2 is 2.10 bits per heavy atom. The minimum absolute atomic E-state index is 0.148. The minimum atomic E-state index is -0.770. The van der Waals surface area contributed by atoms with E-state index in [1.807, 2.05) is 12.1 Å². The van der Waals surface area contributed by atoms with Crippen LogP contribution in [0.25, 0.3) is 0 Å². The van der Waals surface area contributed by atoms with E-state index in [0.717, 1.165) is 59.7 Å². The first-order valence-corrected chi connectivity index (χ1v) is 10.8. The molecule has 6 nitrogen and oxygen atoms in total. The van der Waals surface area contributed by atoms with E-state index in [4.69, 9.17) is 20.2 Å². The molecule has 4 rings (SSSR count). The molecular weight excluding hydrogens is 376 g/mol. The van der Waals surface area contributed by atoms with E-state index >= 15 is 0 Å². The zero-order valence-electron chi connectivity index (χ0n) is 18.3. The molecule has 6 heteroatoms. The lowest BCUT2D eigenvalue weighted by Gasteiger charge is -2.30. The van der Waals surface area contributed by atoms with Gasteiger partial charge in [0.05, 0.1) is 12.3 Å². The third-order valence-corrected chi connectivity index (χ3v) is 6.22. The number of amidine groups is 1. The van der Waals surface area contributed by atoms with E-state index < -0.39 is 5.97 Å². The van der Waals surface area contributed by atoms with Gasteiger partial charge in [-0.1, -0.05) is 32.0 Å². The lowest BCUT2D eigenvalue weighted by Crippen LogP contribution is -2.24. The SMILES string of the molecule is CCn1nc(C2=NCC(c3ccc(CCC(=O)O)cc3C)=N2)c2c1CC(C)(C)CC2. The quantitative estimate of drug-likeness (QED) is 0.788. The fourth-order valence-corrected chi connectivity index (χ4v) is 4.52. The highest BCUT2D eigenvalue weighted by atomic mass is 16.4. The zero-order chi connectivity index (χ0) is 21.5. The molecule has 1 N–H and O–H groups in total. The Balaban J connectivity index is 1.60. The van der Waals surface area contributed by atoms with Crippen LogP contribution in [0, 0.1) is 12.3 Å². The molecule has 30 heavy (non-hydrogen) atoms. The maximum atomic E-state index is 10.8. The van der Waals surface area contributed by atoms with Crippen LogP contribution in [0.3, 0.4) is 0 Å². The molecule has 2 aromatic rings. The number of hydrogen-bond acceptors (Lipinski definition) is 4. The van der Waals surface area contributed by atoms with E-state index in [1.165, 1.54) is 11.3 Å². The molecule has 1 aromatic heterocycles. The summed E-state index contributed by atoms with van der Waals surface area (Å²) in [5.74, 6) is -0.0179. The van der Waals surface area contributed by atoms with E-state index in [1.54, 1.807) is 0 Å². The second kappa shape index (κ2) is 7.82. The Labute approximate surface area is 177 Å². The second-order valence-corrected chi connectivity index (χ2v) is 9.17. The smallest absolute Gasteiger partial charge is 0.303 e. The summed E-state index contributed by atoms with van der Waals surface area (Å²) in [7, 11) is 0. The number of fused-ring (bicyclic) bond motifs is 1. The highest BCUT2D eigenvalue weighted by Crippen LogP contribution is 2.36. The molecule has 0 spiro atoms. The van der Waals surface area contributed by atoms with Gasteiger partial charge in [0.25, 0.3) is 0 Å². The summed E-state index contributed by atoms with van der Waals surface area (Å²) in [6.07, 6.45) is 3.92. The first kappa shape index (κ1) is 20.5. The largest absolute Gasteiger partial charge is 0.481 e. The van der Waals surface area contributed by atoms with Crippen molar-refractivity contribution in [3.8, 4) is 0 Å². The van der Waals surface area contributed by atoms with Gasteiger partial charge >= 0.3 is 5.97 Å². The summed E-state index contributed by atoms with van der Waals surface area (Å²) < 4.78 is 2.13. The van der Waals surface area contributed by atoms with Crippen LogP contribution in [-0.2, 0) is 30.6 Å². The van der Waals surface area contributed by atoms with Crippen molar-refractivity contribution in [3.63, 3.8) is 0 Å². The van der Waals surface area contributed by atoms with Crippen molar-refractivity contribution in [1.29, 1.82) is 0 Å². The fourth-order valence-electron chi connectivity index (χ4n) is 4.52. The Bertz CT molecular complexity index is 1060. The fraction of sp³-hybridized carbons (Fsp3) is 0.500. The van der Waals surface area contributed by atoms with Crippen LogP contribution < -0.4 is 0 Å². The van der Waals surface area contributed by atoms with Gasteiger partial charge in [-0.05, 0) is 56.1 Å². The molecule has 0 amide bonds. The Kier molecular flexibility index (Phi) is 5.35. The zero-order valence-corrected chi connectivity index (χ0v) is 18.3. The van der Waals surface area contributed by atoms with Gasteiger partial charge in [-0.2, -0.15) is 5.10 Å². The van der Waals surface area contributed by atoms with Crippen molar-refractivity contribution in [3.05, 3.63) is 51.8 Å². The van der Waals surface area contributed by atoms with Gasteiger partial charge in [0.15, 0.2) is 5.84 Å². The highest BCUT2D eigenvalue weighted by Gasteiger charge is 2.32. The molecule has 1 aliphatic carbocycles. The van der Waals surface area contributed by atoms with Gasteiger partial charge in [0.2, 0.25) is 0 Å². The first-order chi connectivity index (χ1) is 14.3. The van der Waals surface area contributed by atoms with Crippen molar-refractivity contribution in [2.75, 3.05) is 6.54 Å². The number of nitrogens with zero attached hydrogens (tertiary/aromatic N) is 4. The van der Waals surface area contributed by atoms with Gasteiger partial charge in [-0.15, -0.1) is 0 Å². The van der Waals surface area contributed by atoms with Crippen LogP contribution in [0.1, 0.15) is 67.3 Å². The molecule has 0 unspecified atom stereocenters. The summed E-state index contributed by atoms with van der Waals surface area (Å²) in [4.78, 5) is 20.4.